The lowest BCUT2D eigenvalue weighted by molar-refractivity contribution is -0.883. The van der Waals surface area contributed by atoms with Gasteiger partial charge in [-0.2, -0.15) is 0 Å². The molecule has 0 saturated carbocycles. The van der Waals surface area contributed by atoms with Crippen LogP contribution in [-0.4, -0.2) is 38.0 Å². The first-order valence-corrected chi connectivity index (χ1v) is 10.1. The molecule has 0 aliphatic heterocycles. The van der Waals surface area contributed by atoms with Crippen LogP contribution in [0.1, 0.15) is 24.5 Å². The quantitative estimate of drug-likeness (QED) is 0.570. The highest BCUT2D eigenvalue weighted by Crippen LogP contribution is 2.12. The maximum Gasteiger partial charge on any atom is 0.279 e. The van der Waals surface area contributed by atoms with Crippen LogP contribution < -0.4 is 15.5 Å². The monoisotopic (exact) mass is 402 g/mol. The van der Waals surface area contributed by atoms with Gasteiger partial charge >= 0.3 is 0 Å². The average molecular weight is 403 g/mol. The van der Waals surface area contributed by atoms with Crippen molar-refractivity contribution in [3.63, 3.8) is 0 Å². The van der Waals surface area contributed by atoms with Crippen LogP contribution in [0, 0.1) is 6.92 Å². The van der Waals surface area contributed by atoms with Crippen LogP contribution >= 0.6 is 11.6 Å². The van der Waals surface area contributed by atoms with Gasteiger partial charge in [-0.05, 0) is 49.1 Å². The normalized spacial score (nSPS) is 11.7. The summed E-state index contributed by atoms with van der Waals surface area (Å²) >= 11 is 5.88. The molecule has 2 aromatic carbocycles. The van der Waals surface area contributed by atoms with E-state index in [2.05, 4.69) is 17.6 Å². The second-order valence-corrected chi connectivity index (χ2v) is 7.38. The number of halogens is 1. The Bertz CT molecular complexity index is 778. The Hall–Kier alpha value is -2.37. The molecule has 5 nitrogen and oxygen atoms in total. The largest absolute Gasteiger partial charge is 0.351 e. The number of carbonyl (C=O) groups is 2. The summed E-state index contributed by atoms with van der Waals surface area (Å²) in [6.07, 6.45) is 1.66. The van der Waals surface area contributed by atoms with E-state index in [0.29, 0.717) is 11.6 Å². The lowest BCUT2D eigenvalue weighted by Crippen LogP contribution is -3.14. The number of anilines is 1. The molecule has 0 aromatic heterocycles. The fourth-order valence-corrected chi connectivity index (χ4v) is 3.14. The van der Waals surface area contributed by atoms with E-state index in [4.69, 9.17) is 11.6 Å². The third-order valence-electron chi connectivity index (χ3n) is 4.49. The number of rotatable bonds is 10. The van der Waals surface area contributed by atoms with Crippen molar-refractivity contribution in [3.05, 3.63) is 64.7 Å². The fraction of sp³-hybridized carbons (Fsp3) is 0.364. The molecular formula is C22H29ClN3O2+. The summed E-state index contributed by atoms with van der Waals surface area (Å²) in [4.78, 5) is 25.6. The SMILES string of the molecule is CCC[NH+](CC(=O)NCCc1ccc(Cl)cc1)CC(=O)Nc1ccccc1C. The second kappa shape index (κ2) is 11.5. The first-order valence-electron chi connectivity index (χ1n) is 9.68. The van der Waals surface area contributed by atoms with Gasteiger partial charge < -0.3 is 15.5 Å². The van der Waals surface area contributed by atoms with Crippen molar-refractivity contribution < 1.29 is 14.5 Å². The smallest absolute Gasteiger partial charge is 0.279 e. The van der Waals surface area contributed by atoms with Gasteiger partial charge in [0, 0.05) is 17.3 Å². The maximum atomic E-state index is 12.4. The summed E-state index contributed by atoms with van der Waals surface area (Å²) in [5.41, 5.74) is 2.96. The summed E-state index contributed by atoms with van der Waals surface area (Å²) in [6.45, 7) is 5.90. The van der Waals surface area contributed by atoms with Crippen LogP contribution in [0.25, 0.3) is 0 Å². The van der Waals surface area contributed by atoms with Crippen molar-refractivity contribution in [3.8, 4) is 0 Å². The van der Waals surface area contributed by atoms with Gasteiger partial charge in [0.1, 0.15) is 0 Å². The predicted octanol–water partition coefficient (Wildman–Crippen LogP) is 2.24. The molecule has 0 spiro atoms. The van der Waals surface area contributed by atoms with Crippen molar-refractivity contribution in [2.24, 2.45) is 0 Å². The first kappa shape index (κ1) is 21.9. The molecule has 2 aromatic rings. The molecule has 150 valence electrons. The van der Waals surface area contributed by atoms with Crippen molar-refractivity contribution in [1.82, 2.24) is 5.32 Å². The molecule has 6 heteroatoms. The van der Waals surface area contributed by atoms with Gasteiger partial charge in [0.05, 0.1) is 6.54 Å². The van der Waals surface area contributed by atoms with Crippen molar-refractivity contribution >= 4 is 29.1 Å². The number of nitrogens with one attached hydrogen (secondary N) is 3. The zero-order valence-corrected chi connectivity index (χ0v) is 17.3. The average Bonchev–Trinajstić information content (AvgIpc) is 2.65. The number of benzene rings is 2. The van der Waals surface area contributed by atoms with Gasteiger partial charge in [-0.1, -0.05) is 48.9 Å². The van der Waals surface area contributed by atoms with E-state index >= 15 is 0 Å². The molecule has 3 N–H and O–H groups in total. The minimum absolute atomic E-state index is 0.0406. The number of hydrogen-bond donors (Lipinski definition) is 3. The highest BCUT2D eigenvalue weighted by Gasteiger charge is 2.17. The zero-order valence-electron chi connectivity index (χ0n) is 16.6. The Morgan fingerprint density at radius 1 is 1.00 bits per heavy atom. The minimum atomic E-state index is -0.0771. The molecule has 0 heterocycles. The minimum Gasteiger partial charge on any atom is -0.351 e. The van der Waals surface area contributed by atoms with Gasteiger partial charge in [-0.15, -0.1) is 0 Å². The molecule has 0 aliphatic carbocycles. The fourth-order valence-electron chi connectivity index (χ4n) is 3.01. The summed E-state index contributed by atoms with van der Waals surface area (Å²) in [5.74, 6) is -0.118. The van der Waals surface area contributed by atoms with E-state index in [1.807, 2.05) is 55.5 Å². The Kier molecular flexibility index (Phi) is 8.98. The number of amides is 2. The Labute approximate surface area is 172 Å². The highest BCUT2D eigenvalue weighted by molar-refractivity contribution is 6.30. The van der Waals surface area contributed by atoms with Crippen LogP contribution in [0.3, 0.4) is 0 Å². The molecule has 0 radical (unpaired) electrons. The molecule has 0 aliphatic rings. The van der Waals surface area contributed by atoms with Crippen molar-refractivity contribution in [1.29, 1.82) is 0 Å². The molecule has 28 heavy (non-hydrogen) atoms. The molecule has 0 bridgehead atoms. The first-order chi connectivity index (χ1) is 13.5. The van der Waals surface area contributed by atoms with Crippen LogP contribution in [0.15, 0.2) is 48.5 Å². The number of aryl methyl sites for hydroxylation is 1. The van der Waals surface area contributed by atoms with Gasteiger partial charge in [0.2, 0.25) is 0 Å². The number of carbonyl (C=O) groups excluding carboxylic acids is 2. The Morgan fingerprint density at radius 2 is 1.68 bits per heavy atom. The van der Waals surface area contributed by atoms with Crippen LogP contribution in [-0.2, 0) is 16.0 Å². The van der Waals surface area contributed by atoms with E-state index in [-0.39, 0.29) is 24.9 Å². The van der Waals surface area contributed by atoms with Crippen molar-refractivity contribution in [2.75, 3.05) is 31.5 Å². The van der Waals surface area contributed by atoms with Gasteiger partial charge in [-0.3, -0.25) is 9.59 Å². The highest BCUT2D eigenvalue weighted by atomic mass is 35.5. The van der Waals surface area contributed by atoms with Gasteiger partial charge in [0.25, 0.3) is 11.8 Å². The summed E-state index contributed by atoms with van der Waals surface area (Å²) < 4.78 is 0. The predicted molar refractivity (Wildman–Crippen MR) is 114 cm³/mol. The molecular weight excluding hydrogens is 374 g/mol. The third-order valence-corrected chi connectivity index (χ3v) is 4.74. The van der Waals surface area contributed by atoms with Crippen LogP contribution in [0.2, 0.25) is 5.02 Å². The molecule has 0 saturated heterocycles. The van der Waals surface area contributed by atoms with E-state index in [9.17, 15) is 9.59 Å². The van der Waals surface area contributed by atoms with E-state index < -0.39 is 0 Å². The van der Waals surface area contributed by atoms with E-state index in [1.54, 1.807) is 0 Å². The van der Waals surface area contributed by atoms with Gasteiger partial charge in [0.15, 0.2) is 13.1 Å². The summed E-state index contributed by atoms with van der Waals surface area (Å²) in [5, 5.41) is 6.59. The molecule has 1 atom stereocenters. The molecule has 1 unspecified atom stereocenters. The molecule has 2 amide bonds. The van der Waals surface area contributed by atoms with Crippen molar-refractivity contribution in [2.45, 2.75) is 26.7 Å². The number of hydrogen-bond acceptors (Lipinski definition) is 2. The van der Waals surface area contributed by atoms with Crippen LogP contribution in [0.5, 0.6) is 0 Å². The summed E-state index contributed by atoms with van der Waals surface area (Å²) in [6, 6.07) is 15.3. The second-order valence-electron chi connectivity index (χ2n) is 6.94. The lowest BCUT2D eigenvalue weighted by Gasteiger charge is -2.18. The Morgan fingerprint density at radius 3 is 2.36 bits per heavy atom. The maximum absolute atomic E-state index is 12.4. The Balaban J connectivity index is 1.78. The zero-order chi connectivity index (χ0) is 20.4. The third kappa shape index (κ3) is 7.71. The van der Waals surface area contributed by atoms with E-state index in [1.165, 1.54) is 0 Å². The number of quaternary nitrogens is 1. The molecule has 0 fully saturated rings. The summed E-state index contributed by atoms with van der Waals surface area (Å²) in [7, 11) is 0. The van der Waals surface area contributed by atoms with Gasteiger partial charge in [-0.25, -0.2) is 0 Å². The lowest BCUT2D eigenvalue weighted by atomic mass is 10.1. The van der Waals surface area contributed by atoms with Crippen LogP contribution in [0.4, 0.5) is 5.69 Å². The van der Waals surface area contributed by atoms with E-state index in [0.717, 1.165) is 41.1 Å². The standard InChI is InChI=1S/C22H28ClN3O2/c1-3-14-26(16-22(28)25-20-7-5-4-6-17(20)2)15-21(27)24-13-12-18-8-10-19(23)11-9-18/h4-11H,3,12-16H2,1-2H3,(H,24,27)(H,25,28)/p+1. The molecule has 2 rings (SSSR count). The topological polar surface area (TPSA) is 62.6 Å². The number of para-hydroxylation sites is 1.